The normalized spacial score (nSPS) is 19.6. The summed E-state index contributed by atoms with van der Waals surface area (Å²) in [6, 6.07) is 10.6. The van der Waals surface area contributed by atoms with Crippen LogP contribution < -0.4 is 16.0 Å². The molecule has 2 unspecified atom stereocenters. The van der Waals surface area contributed by atoms with Gasteiger partial charge < -0.3 is 25.4 Å². The minimum Gasteiger partial charge on any atom is -0.467 e. The Morgan fingerprint density at radius 2 is 1.58 bits per heavy atom. The van der Waals surface area contributed by atoms with Crippen molar-refractivity contribution in [2.45, 2.75) is 72.4 Å². The van der Waals surface area contributed by atoms with Gasteiger partial charge in [0.05, 0.1) is 28.1 Å². The number of ether oxygens (including phenoxy) is 2. The summed E-state index contributed by atoms with van der Waals surface area (Å²) in [6.45, 7) is 10.4. The molecule has 3 amide bonds. The Morgan fingerprint density at radius 1 is 0.978 bits per heavy atom. The average Bonchev–Trinajstić information content (AvgIpc) is 3.19. The molecule has 0 heterocycles. The molecule has 3 atom stereocenters. The summed E-state index contributed by atoms with van der Waals surface area (Å²) < 4.78 is 10.3. The predicted molar refractivity (Wildman–Crippen MR) is 172 cm³/mol. The smallest absolute Gasteiger partial charge is 0.328 e. The fourth-order valence-electron chi connectivity index (χ4n) is 5.57. The van der Waals surface area contributed by atoms with Gasteiger partial charge in [0.1, 0.15) is 18.2 Å². The van der Waals surface area contributed by atoms with Gasteiger partial charge in [-0.15, -0.1) is 0 Å². The SMILES string of the molecule is COC(=O)[C@H](Cc1ccc(NC(=O)c2c(Cl)cccc2Cl)cc1)NC(=O)C1CCC(C)(C(=O)NCC(=O)OC(C)(C)C)C1(C)C. The zero-order chi connectivity index (χ0) is 33.7. The van der Waals surface area contributed by atoms with Gasteiger partial charge in [0.25, 0.3) is 5.91 Å². The van der Waals surface area contributed by atoms with E-state index < -0.39 is 46.2 Å². The van der Waals surface area contributed by atoms with Crippen molar-refractivity contribution in [1.29, 1.82) is 0 Å². The van der Waals surface area contributed by atoms with Crippen LogP contribution in [0.3, 0.4) is 0 Å². The van der Waals surface area contributed by atoms with Gasteiger partial charge in [-0.05, 0) is 68.9 Å². The third-order valence-corrected chi connectivity index (χ3v) is 9.13. The lowest BCUT2D eigenvalue weighted by molar-refractivity contribution is -0.156. The van der Waals surface area contributed by atoms with E-state index in [1.54, 1.807) is 70.2 Å². The number of halogens is 2. The van der Waals surface area contributed by atoms with E-state index in [0.29, 0.717) is 24.1 Å². The van der Waals surface area contributed by atoms with Crippen molar-refractivity contribution in [3.63, 3.8) is 0 Å². The van der Waals surface area contributed by atoms with E-state index in [9.17, 15) is 24.0 Å². The van der Waals surface area contributed by atoms with Crippen LogP contribution in [-0.4, -0.2) is 55.0 Å². The van der Waals surface area contributed by atoms with Crippen molar-refractivity contribution in [2.24, 2.45) is 16.7 Å². The van der Waals surface area contributed by atoms with Crippen molar-refractivity contribution in [2.75, 3.05) is 19.0 Å². The van der Waals surface area contributed by atoms with Crippen molar-refractivity contribution < 1.29 is 33.4 Å². The second kappa shape index (κ2) is 14.2. The van der Waals surface area contributed by atoms with Crippen LogP contribution in [0.15, 0.2) is 42.5 Å². The number of hydrogen-bond acceptors (Lipinski definition) is 7. The van der Waals surface area contributed by atoms with E-state index in [4.69, 9.17) is 32.7 Å². The number of methoxy groups -OCH3 is 1. The molecule has 1 fully saturated rings. The molecule has 12 heteroatoms. The molecule has 1 saturated carbocycles. The fourth-order valence-corrected chi connectivity index (χ4v) is 6.14. The minimum atomic E-state index is -0.992. The molecule has 0 aliphatic heterocycles. The maximum Gasteiger partial charge on any atom is 0.328 e. The number of carbonyl (C=O) groups excluding carboxylic acids is 5. The molecule has 3 rings (SSSR count). The first-order chi connectivity index (χ1) is 20.9. The summed E-state index contributed by atoms with van der Waals surface area (Å²) in [4.78, 5) is 64.5. The standard InChI is InChI=1S/C33H41Cl2N3O7/c1-31(2,3)45-25(39)18-36-30(43)33(6)16-15-21(32(33,4)5)27(40)38-24(29(42)44-7)17-19-11-13-20(14-12-19)37-28(41)26-22(34)9-8-10-23(26)35/h8-14,21,24H,15-18H2,1-7H3,(H,36,43)(H,37,41)(H,38,40)/t21?,24-,33?/m0/s1. The van der Waals surface area contributed by atoms with Gasteiger partial charge in [0.2, 0.25) is 11.8 Å². The average molecular weight is 663 g/mol. The lowest BCUT2D eigenvalue weighted by Gasteiger charge is -2.40. The van der Waals surface area contributed by atoms with Crippen LogP contribution in [0.1, 0.15) is 70.3 Å². The van der Waals surface area contributed by atoms with E-state index in [-0.39, 0.29) is 40.4 Å². The van der Waals surface area contributed by atoms with Crippen LogP contribution in [0.4, 0.5) is 5.69 Å². The summed E-state index contributed by atoms with van der Waals surface area (Å²) >= 11 is 12.3. The van der Waals surface area contributed by atoms with E-state index in [1.807, 2.05) is 13.8 Å². The van der Waals surface area contributed by atoms with Crippen LogP contribution in [-0.2, 0) is 35.1 Å². The lowest BCUT2D eigenvalue weighted by Crippen LogP contribution is -2.52. The number of esters is 2. The first kappa shape index (κ1) is 35.8. The van der Waals surface area contributed by atoms with Crippen molar-refractivity contribution >= 4 is 58.5 Å². The molecule has 1 aliphatic rings. The number of nitrogens with one attached hydrogen (secondary N) is 3. The first-order valence-electron chi connectivity index (χ1n) is 14.6. The molecule has 0 aromatic heterocycles. The molecule has 0 bridgehead atoms. The van der Waals surface area contributed by atoms with Crippen molar-refractivity contribution in [3.8, 4) is 0 Å². The Balaban J connectivity index is 1.67. The first-order valence-corrected chi connectivity index (χ1v) is 15.4. The Morgan fingerprint density at radius 3 is 2.13 bits per heavy atom. The molecule has 244 valence electrons. The van der Waals surface area contributed by atoms with E-state index in [2.05, 4.69) is 16.0 Å². The largest absolute Gasteiger partial charge is 0.467 e. The Hall–Kier alpha value is -3.63. The highest BCUT2D eigenvalue weighted by Crippen LogP contribution is 2.56. The summed E-state index contributed by atoms with van der Waals surface area (Å²) in [7, 11) is 1.24. The van der Waals surface area contributed by atoms with Gasteiger partial charge in [-0.2, -0.15) is 0 Å². The quantitative estimate of drug-likeness (QED) is 0.292. The van der Waals surface area contributed by atoms with Crippen LogP contribution >= 0.6 is 23.2 Å². The lowest BCUT2D eigenvalue weighted by atomic mass is 9.65. The van der Waals surface area contributed by atoms with Crippen LogP contribution in [0.25, 0.3) is 0 Å². The highest BCUT2D eigenvalue weighted by Gasteiger charge is 2.58. The van der Waals surface area contributed by atoms with Gasteiger partial charge >= 0.3 is 11.9 Å². The molecule has 45 heavy (non-hydrogen) atoms. The Bertz CT molecular complexity index is 1430. The number of amides is 3. The Labute approximate surface area is 273 Å². The maximum absolute atomic E-state index is 13.6. The number of carbonyl (C=O) groups is 5. The summed E-state index contributed by atoms with van der Waals surface area (Å²) in [5.41, 5.74) is -1.09. The summed E-state index contributed by atoms with van der Waals surface area (Å²) in [5, 5.41) is 8.70. The highest BCUT2D eigenvalue weighted by atomic mass is 35.5. The van der Waals surface area contributed by atoms with Gasteiger partial charge in [-0.3, -0.25) is 19.2 Å². The zero-order valence-electron chi connectivity index (χ0n) is 26.6. The third-order valence-electron chi connectivity index (χ3n) is 8.50. The molecule has 1 aliphatic carbocycles. The second-order valence-electron chi connectivity index (χ2n) is 13.0. The molecule has 0 saturated heterocycles. The Kier molecular flexibility index (Phi) is 11.3. The van der Waals surface area contributed by atoms with Crippen LogP contribution in [0.2, 0.25) is 10.0 Å². The van der Waals surface area contributed by atoms with E-state index in [0.717, 1.165) is 0 Å². The van der Waals surface area contributed by atoms with Crippen LogP contribution in [0, 0.1) is 16.7 Å². The van der Waals surface area contributed by atoms with Crippen molar-refractivity contribution in [3.05, 3.63) is 63.6 Å². The number of anilines is 1. The molecule has 3 N–H and O–H groups in total. The fraction of sp³-hybridized carbons (Fsp3) is 0.485. The molecule has 2 aromatic rings. The van der Waals surface area contributed by atoms with Gasteiger partial charge in [0.15, 0.2) is 0 Å². The predicted octanol–water partition coefficient (Wildman–Crippen LogP) is 5.35. The van der Waals surface area contributed by atoms with E-state index >= 15 is 0 Å². The highest BCUT2D eigenvalue weighted by molar-refractivity contribution is 6.40. The number of hydrogen-bond donors (Lipinski definition) is 3. The van der Waals surface area contributed by atoms with Crippen LogP contribution in [0.5, 0.6) is 0 Å². The number of benzene rings is 2. The van der Waals surface area contributed by atoms with Crippen molar-refractivity contribution in [1.82, 2.24) is 10.6 Å². The second-order valence-corrected chi connectivity index (χ2v) is 13.8. The van der Waals surface area contributed by atoms with Gasteiger partial charge in [0, 0.05) is 18.0 Å². The number of rotatable bonds is 10. The van der Waals surface area contributed by atoms with E-state index in [1.165, 1.54) is 7.11 Å². The topological polar surface area (TPSA) is 140 Å². The monoisotopic (exact) mass is 661 g/mol. The minimum absolute atomic E-state index is 0.129. The van der Waals surface area contributed by atoms with Gasteiger partial charge in [-0.25, -0.2) is 4.79 Å². The zero-order valence-corrected chi connectivity index (χ0v) is 28.2. The molecule has 0 spiro atoms. The molecule has 2 aromatic carbocycles. The maximum atomic E-state index is 13.6. The van der Waals surface area contributed by atoms with Gasteiger partial charge in [-0.1, -0.05) is 62.2 Å². The molecule has 10 nitrogen and oxygen atoms in total. The summed E-state index contributed by atoms with van der Waals surface area (Å²) in [6.07, 6.45) is 0.949. The summed E-state index contributed by atoms with van der Waals surface area (Å²) in [5.74, 6) is -2.95. The molecular weight excluding hydrogens is 621 g/mol. The molecule has 0 radical (unpaired) electrons. The molecular formula is C33H41Cl2N3O7. The third kappa shape index (κ3) is 8.55.